The topological polar surface area (TPSA) is 126 Å². The molecule has 1 fully saturated rings. The number of ether oxygens (including phenoxy) is 1. The van der Waals surface area contributed by atoms with Crippen LogP contribution in [0, 0.1) is 0 Å². The lowest BCUT2D eigenvalue weighted by Gasteiger charge is -2.25. The first-order valence-electron chi connectivity index (χ1n) is 8.13. The van der Waals surface area contributed by atoms with Gasteiger partial charge in [0.2, 0.25) is 0 Å². The third-order valence-corrected chi connectivity index (χ3v) is 5.51. The van der Waals surface area contributed by atoms with Crippen LogP contribution in [0.1, 0.15) is 18.0 Å². The molecule has 0 amide bonds. The maximum Gasteiger partial charge on any atom is 0.167 e. The van der Waals surface area contributed by atoms with Crippen molar-refractivity contribution in [2.45, 2.75) is 37.5 Å². The lowest BCUT2D eigenvalue weighted by molar-refractivity contribution is -0.0804. The number of nitrogens with zero attached hydrogens (tertiary/aromatic N) is 4. The van der Waals surface area contributed by atoms with E-state index in [0.717, 1.165) is 4.88 Å². The quantitative estimate of drug-likeness (QED) is 0.507. The van der Waals surface area contributed by atoms with Gasteiger partial charge in [-0.3, -0.25) is 4.57 Å². The summed E-state index contributed by atoms with van der Waals surface area (Å²) in [6.45, 7) is 1.64. The van der Waals surface area contributed by atoms with E-state index in [-0.39, 0.29) is 0 Å². The fourth-order valence-corrected chi connectivity index (χ4v) is 3.70. The summed E-state index contributed by atoms with van der Waals surface area (Å²) in [4.78, 5) is 14.0. The van der Waals surface area contributed by atoms with Gasteiger partial charge in [-0.2, -0.15) is 0 Å². The first-order valence-corrected chi connectivity index (χ1v) is 9.01. The lowest BCUT2D eigenvalue weighted by atomic mass is 9.95. The number of rotatable bonds is 5. The molecule has 1 aliphatic rings. The molecule has 0 unspecified atom stereocenters. The molecular formula is C16H19N5O4S. The average molecular weight is 377 g/mol. The van der Waals surface area contributed by atoms with Crippen LogP contribution in [0.15, 0.2) is 30.2 Å². The van der Waals surface area contributed by atoms with E-state index in [0.29, 0.717) is 23.5 Å². The number of hydrogen-bond donors (Lipinski definition) is 4. The summed E-state index contributed by atoms with van der Waals surface area (Å²) < 4.78 is 7.19. The van der Waals surface area contributed by atoms with E-state index in [4.69, 9.17) is 4.74 Å². The Hall–Kier alpha value is -2.11. The Kier molecular flexibility index (Phi) is 4.37. The number of fused-ring (bicyclic) bond motifs is 1. The van der Waals surface area contributed by atoms with Crippen LogP contribution in [0.5, 0.6) is 0 Å². The molecule has 0 saturated carbocycles. The fraction of sp³-hybridized carbons (Fsp3) is 0.438. The maximum absolute atomic E-state index is 10.5. The van der Waals surface area contributed by atoms with E-state index in [1.807, 2.05) is 17.5 Å². The van der Waals surface area contributed by atoms with Gasteiger partial charge in [-0.15, -0.1) is 11.3 Å². The smallest absolute Gasteiger partial charge is 0.167 e. The minimum Gasteiger partial charge on any atom is -0.394 e. The monoisotopic (exact) mass is 377 g/mol. The predicted octanol–water partition coefficient (Wildman–Crippen LogP) is 0.501. The highest BCUT2D eigenvalue weighted by Gasteiger charge is 2.52. The Morgan fingerprint density at radius 1 is 1.38 bits per heavy atom. The number of thiophene rings is 1. The Labute approximate surface area is 152 Å². The second-order valence-electron chi connectivity index (χ2n) is 6.35. The molecule has 0 spiro atoms. The third kappa shape index (κ3) is 2.75. The molecule has 4 N–H and O–H groups in total. The molecular weight excluding hydrogens is 358 g/mol. The molecule has 10 heteroatoms. The zero-order chi connectivity index (χ0) is 18.3. The second kappa shape index (κ2) is 6.56. The zero-order valence-corrected chi connectivity index (χ0v) is 14.8. The number of aromatic nitrogens is 4. The van der Waals surface area contributed by atoms with Crippen LogP contribution in [0.4, 0.5) is 5.82 Å². The third-order valence-electron chi connectivity index (χ3n) is 4.63. The van der Waals surface area contributed by atoms with Gasteiger partial charge in [0.25, 0.3) is 0 Å². The van der Waals surface area contributed by atoms with Crippen LogP contribution < -0.4 is 5.32 Å². The van der Waals surface area contributed by atoms with Gasteiger partial charge in [0.15, 0.2) is 23.2 Å². The summed E-state index contributed by atoms with van der Waals surface area (Å²) in [6, 6.07) is 4.00. The second-order valence-corrected chi connectivity index (χ2v) is 7.38. The lowest BCUT2D eigenvalue weighted by Crippen LogP contribution is -2.46. The molecule has 3 aromatic rings. The first kappa shape index (κ1) is 17.3. The number of aliphatic hydroxyl groups excluding tert-OH is 2. The highest BCUT2D eigenvalue weighted by molar-refractivity contribution is 7.09. The van der Waals surface area contributed by atoms with Crippen molar-refractivity contribution < 1.29 is 20.1 Å². The van der Waals surface area contributed by atoms with Gasteiger partial charge in [0, 0.05) is 4.88 Å². The summed E-state index contributed by atoms with van der Waals surface area (Å²) in [5, 5.41) is 35.5. The van der Waals surface area contributed by atoms with E-state index >= 15 is 0 Å². The summed E-state index contributed by atoms with van der Waals surface area (Å²) in [7, 11) is 0. The van der Waals surface area contributed by atoms with Crippen LogP contribution in [0.3, 0.4) is 0 Å². The minimum absolute atomic E-state index is 0.407. The molecule has 0 aromatic carbocycles. The van der Waals surface area contributed by atoms with E-state index in [9.17, 15) is 15.3 Å². The molecule has 26 heavy (non-hydrogen) atoms. The molecule has 0 aliphatic carbocycles. The van der Waals surface area contributed by atoms with Gasteiger partial charge in [0.05, 0.1) is 19.5 Å². The molecule has 9 nitrogen and oxygen atoms in total. The van der Waals surface area contributed by atoms with Crippen LogP contribution >= 0.6 is 11.3 Å². The van der Waals surface area contributed by atoms with Crippen molar-refractivity contribution in [3.8, 4) is 0 Å². The molecule has 4 atom stereocenters. The van der Waals surface area contributed by atoms with Gasteiger partial charge in [0.1, 0.15) is 24.1 Å². The Morgan fingerprint density at radius 2 is 2.23 bits per heavy atom. The molecule has 4 heterocycles. The number of imidazole rings is 1. The molecule has 1 aliphatic heterocycles. The zero-order valence-electron chi connectivity index (χ0n) is 14.0. The number of anilines is 1. The van der Waals surface area contributed by atoms with E-state index < -0.39 is 30.6 Å². The van der Waals surface area contributed by atoms with Gasteiger partial charge in [-0.25, -0.2) is 15.0 Å². The summed E-state index contributed by atoms with van der Waals surface area (Å²) in [5.41, 5.74) is -0.581. The van der Waals surface area contributed by atoms with Crippen LogP contribution in [-0.4, -0.2) is 59.3 Å². The number of nitrogens with one attached hydrogen (secondary N) is 1. The van der Waals surface area contributed by atoms with E-state index in [1.54, 1.807) is 15.9 Å². The van der Waals surface area contributed by atoms with Crippen molar-refractivity contribution in [3.63, 3.8) is 0 Å². The molecule has 4 rings (SSSR count). The summed E-state index contributed by atoms with van der Waals surface area (Å²) in [5.74, 6) is 0.570. The Morgan fingerprint density at radius 3 is 2.92 bits per heavy atom. The van der Waals surface area contributed by atoms with E-state index in [2.05, 4.69) is 20.3 Å². The Balaban J connectivity index is 1.65. The SMILES string of the molecule is C[C@@]1(O)[C@@H](CO)O[C@@H](n2cnc3c(NCc4cccs4)ncnc32)[C@@H]1O. The van der Waals surface area contributed by atoms with Crippen LogP contribution in [-0.2, 0) is 11.3 Å². The van der Waals surface area contributed by atoms with Crippen molar-refractivity contribution >= 4 is 28.3 Å². The van der Waals surface area contributed by atoms with Gasteiger partial charge < -0.3 is 25.4 Å². The predicted molar refractivity (Wildman–Crippen MR) is 94.6 cm³/mol. The summed E-state index contributed by atoms with van der Waals surface area (Å²) in [6.07, 6.45) is -0.167. The standard InChI is InChI=1S/C16H19N5O4S/c1-16(24)10(6-22)25-15(12(16)23)21-8-20-11-13(18-7-19-14(11)21)17-5-9-3-2-4-26-9/h2-4,7-8,10,12,15,22-24H,5-6H2,1H3,(H,17,18,19)/t10-,12+,15-,16-/m1/s1. The number of aliphatic hydroxyl groups is 3. The van der Waals surface area contributed by atoms with Crippen LogP contribution in [0.25, 0.3) is 11.2 Å². The normalized spacial score (nSPS) is 28.7. The number of hydrogen-bond acceptors (Lipinski definition) is 9. The van der Waals surface area contributed by atoms with Gasteiger partial charge in [-0.05, 0) is 18.4 Å². The molecule has 3 aromatic heterocycles. The molecule has 1 saturated heterocycles. The van der Waals surface area contributed by atoms with E-state index in [1.165, 1.54) is 19.6 Å². The van der Waals surface area contributed by atoms with Crippen molar-refractivity contribution in [1.82, 2.24) is 19.5 Å². The largest absolute Gasteiger partial charge is 0.394 e. The van der Waals surface area contributed by atoms with Crippen molar-refractivity contribution in [1.29, 1.82) is 0 Å². The maximum atomic E-state index is 10.5. The first-order chi connectivity index (χ1) is 12.5. The van der Waals surface area contributed by atoms with Crippen molar-refractivity contribution in [2.75, 3.05) is 11.9 Å². The van der Waals surface area contributed by atoms with Crippen molar-refractivity contribution in [3.05, 3.63) is 35.0 Å². The molecule has 0 radical (unpaired) electrons. The van der Waals surface area contributed by atoms with Crippen molar-refractivity contribution in [2.24, 2.45) is 0 Å². The Bertz CT molecular complexity index is 897. The van der Waals surface area contributed by atoms with Gasteiger partial charge in [-0.1, -0.05) is 6.07 Å². The molecule has 0 bridgehead atoms. The highest BCUT2D eigenvalue weighted by atomic mass is 32.1. The molecule has 138 valence electrons. The fourth-order valence-electron chi connectivity index (χ4n) is 3.06. The summed E-state index contributed by atoms with van der Waals surface area (Å²) >= 11 is 1.64. The average Bonchev–Trinajstić information content (AvgIpc) is 3.33. The minimum atomic E-state index is -1.58. The van der Waals surface area contributed by atoms with Gasteiger partial charge >= 0.3 is 0 Å². The van der Waals surface area contributed by atoms with Crippen LogP contribution in [0.2, 0.25) is 0 Å². The highest BCUT2D eigenvalue weighted by Crippen LogP contribution is 2.38.